The predicted octanol–water partition coefficient (Wildman–Crippen LogP) is 1.63. The van der Waals surface area contributed by atoms with Crippen molar-refractivity contribution in [1.29, 1.82) is 0 Å². The van der Waals surface area contributed by atoms with Gasteiger partial charge in [-0.3, -0.25) is 19.8 Å². The van der Waals surface area contributed by atoms with Crippen molar-refractivity contribution in [3.05, 3.63) is 18.2 Å². The van der Waals surface area contributed by atoms with Crippen LogP contribution in [0.3, 0.4) is 0 Å². The van der Waals surface area contributed by atoms with Crippen LogP contribution in [0.25, 0.3) is 0 Å². The van der Waals surface area contributed by atoms with E-state index >= 15 is 0 Å². The predicted molar refractivity (Wildman–Crippen MR) is 87.9 cm³/mol. The molecule has 0 aliphatic carbocycles. The van der Waals surface area contributed by atoms with Crippen LogP contribution in [-0.4, -0.2) is 36.2 Å². The average molecular weight is 335 g/mol. The van der Waals surface area contributed by atoms with Gasteiger partial charge in [0, 0.05) is 5.69 Å². The Bertz CT molecular complexity index is 681. The Balaban J connectivity index is 2.29. The fourth-order valence-electron chi connectivity index (χ4n) is 2.22. The van der Waals surface area contributed by atoms with Crippen LogP contribution < -0.4 is 20.7 Å². The first kappa shape index (κ1) is 17.6. The molecule has 130 valence electrons. The molecule has 0 radical (unpaired) electrons. The zero-order chi connectivity index (χ0) is 18.1. The number of anilines is 2. The second-order valence-corrected chi connectivity index (χ2v) is 6.44. The highest BCUT2D eigenvalue weighted by molar-refractivity contribution is 6.04. The van der Waals surface area contributed by atoms with Gasteiger partial charge in [-0.05, 0) is 45.9 Å². The van der Waals surface area contributed by atoms with Gasteiger partial charge in [-0.2, -0.15) is 0 Å². The van der Waals surface area contributed by atoms with E-state index in [0.29, 0.717) is 17.1 Å². The summed E-state index contributed by atoms with van der Waals surface area (Å²) in [4.78, 5) is 36.7. The summed E-state index contributed by atoms with van der Waals surface area (Å²) in [7, 11) is 0. The van der Waals surface area contributed by atoms with Gasteiger partial charge in [0.05, 0.1) is 5.69 Å². The number of hydrogen-bond donors (Lipinski definition) is 2. The molecule has 1 aromatic rings. The number of nitrogens with two attached hydrogens (primary N) is 1. The fourth-order valence-corrected chi connectivity index (χ4v) is 2.22. The summed E-state index contributed by atoms with van der Waals surface area (Å²) in [5, 5.41) is 2.58. The largest absolute Gasteiger partial charge is 0.482 e. The van der Waals surface area contributed by atoms with Crippen molar-refractivity contribution < 1.29 is 23.9 Å². The summed E-state index contributed by atoms with van der Waals surface area (Å²) < 4.78 is 10.5. The summed E-state index contributed by atoms with van der Waals surface area (Å²) in [6, 6.07) is 3.92. The second-order valence-electron chi connectivity index (χ2n) is 6.44. The maximum Gasteiger partial charge on any atom is 0.412 e. The summed E-state index contributed by atoms with van der Waals surface area (Å²) in [5.74, 6) is -0.595. The molecule has 0 saturated heterocycles. The van der Waals surface area contributed by atoms with Crippen molar-refractivity contribution in [2.75, 3.05) is 16.8 Å². The van der Waals surface area contributed by atoms with Crippen LogP contribution in [-0.2, 0) is 14.3 Å². The smallest absolute Gasteiger partial charge is 0.412 e. The molecule has 0 bridgehead atoms. The van der Waals surface area contributed by atoms with Gasteiger partial charge in [0.2, 0.25) is 5.91 Å². The van der Waals surface area contributed by atoms with Crippen molar-refractivity contribution in [3.63, 3.8) is 0 Å². The van der Waals surface area contributed by atoms with Crippen molar-refractivity contribution in [3.8, 4) is 5.75 Å². The highest BCUT2D eigenvalue weighted by atomic mass is 16.6. The van der Waals surface area contributed by atoms with Crippen LogP contribution in [0, 0.1) is 0 Å². The Morgan fingerprint density at radius 1 is 1.38 bits per heavy atom. The van der Waals surface area contributed by atoms with E-state index in [0.717, 1.165) is 0 Å². The molecule has 1 heterocycles. The second kappa shape index (κ2) is 6.38. The monoisotopic (exact) mass is 335 g/mol. The minimum Gasteiger partial charge on any atom is -0.482 e. The molecule has 1 atom stereocenters. The SMILES string of the molecule is CC(C(N)=O)N1C(=O)COc2ccc(NC(=O)OC(C)(C)C)cc21. The van der Waals surface area contributed by atoms with Gasteiger partial charge < -0.3 is 15.2 Å². The number of carbonyl (C=O) groups excluding carboxylic acids is 3. The summed E-state index contributed by atoms with van der Waals surface area (Å²) in [6.07, 6.45) is -0.625. The van der Waals surface area contributed by atoms with Gasteiger partial charge in [0.15, 0.2) is 6.61 Å². The minimum atomic E-state index is -0.836. The molecule has 0 saturated carbocycles. The summed E-state index contributed by atoms with van der Waals surface area (Å²) >= 11 is 0. The Labute approximate surface area is 139 Å². The Morgan fingerprint density at radius 2 is 2.04 bits per heavy atom. The Morgan fingerprint density at radius 3 is 2.62 bits per heavy atom. The molecule has 0 spiro atoms. The number of nitrogens with one attached hydrogen (secondary N) is 1. The number of primary amides is 1. The molecule has 3 amide bonds. The first-order valence-corrected chi connectivity index (χ1v) is 7.47. The molecule has 3 N–H and O–H groups in total. The molecule has 24 heavy (non-hydrogen) atoms. The molecule has 1 aromatic carbocycles. The molecule has 1 aliphatic heterocycles. The number of amides is 3. The lowest BCUT2D eigenvalue weighted by Crippen LogP contribution is -2.50. The lowest BCUT2D eigenvalue weighted by Gasteiger charge is -2.32. The number of rotatable bonds is 3. The Hall–Kier alpha value is -2.77. The molecule has 8 heteroatoms. The van der Waals surface area contributed by atoms with Crippen molar-refractivity contribution in [1.82, 2.24) is 0 Å². The van der Waals surface area contributed by atoms with Crippen molar-refractivity contribution in [2.45, 2.75) is 39.3 Å². The van der Waals surface area contributed by atoms with Gasteiger partial charge in [0.25, 0.3) is 5.91 Å². The zero-order valence-electron chi connectivity index (χ0n) is 14.1. The van der Waals surface area contributed by atoms with Crippen LogP contribution in [0.2, 0.25) is 0 Å². The summed E-state index contributed by atoms with van der Waals surface area (Å²) in [6.45, 7) is 6.61. The van der Waals surface area contributed by atoms with E-state index in [1.54, 1.807) is 32.9 Å². The van der Waals surface area contributed by atoms with E-state index in [1.807, 2.05) is 0 Å². The Kier molecular flexibility index (Phi) is 4.68. The van der Waals surface area contributed by atoms with E-state index in [2.05, 4.69) is 5.32 Å². The van der Waals surface area contributed by atoms with Gasteiger partial charge in [0.1, 0.15) is 17.4 Å². The maximum absolute atomic E-state index is 12.1. The zero-order valence-corrected chi connectivity index (χ0v) is 14.1. The van der Waals surface area contributed by atoms with E-state index in [4.69, 9.17) is 15.2 Å². The number of fused-ring (bicyclic) bond motifs is 1. The average Bonchev–Trinajstić information content (AvgIpc) is 2.44. The minimum absolute atomic E-state index is 0.177. The van der Waals surface area contributed by atoms with Gasteiger partial charge in [-0.15, -0.1) is 0 Å². The lowest BCUT2D eigenvalue weighted by atomic mass is 10.1. The number of ether oxygens (including phenoxy) is 2. The molecule has 1 unspecified atom stereocenters. The van der Waals surface area contributed by atoms with Gasteiger partial charge in [-0.25, -0.2) is 4.79 Å². The summed E-state index contributed by atoms with van der Waals surface area (Å²) in [5.41, 5.74) is 5.45. The number of nitrogens with zero attached hydrogens (tertiary/aromatic N) is 1. The molecule has 0 fully saturated rings. The molecule has 2 rings (SSSR count). The van der Waals surface area contributed by atoms with E-state index in [1.165, 1.54) is 17.9 Å². The highest BCUT2D eigenvalue weighted by Gasteiger charge is 2.32. The molecular weight excluding hydrogens is 314 g/mol. The van der Waals surface area contributed by atoms with Gasteiger partial charge in [-0.1, -0.05) is 0 Å². The standard InChI is InChI=1S/C16H21N3O5/c1-9(14(17)21)19-11-7-10(18-15(22)24-16(2,3)4)5-6-12(11)23-8-13(19)20/h5-7,9H,8H2,1-4H3,(H2,17,21)(H,18,22). The van der Waals surface area contributed by atoms with Gasteiger partial charge >= 0.3 is 6.09 Å². The maximum atomic E-state index is 12.1. The number of carbonyl (C=O) groups is 3. The van der Waals surface area contributed by atoms with Crippen LogP contribution in [0.1, 0.15) is 27.7 Å². The van der Waals surface area contributed by atoms with E-state index in [-0.39, 0.29) is 12.5 Å². The van der Waals surface area contributed by atoms with Crippen molar-refractivity contribution in [2.24, 2.45) is 5.73 Å². The molecule has 1 aliphatic rings. The molecular formula is C16H21N3O5. The first-order valence-electron chi connectivity index (χ1n) is 7.47. The third-order valence-electron chi connectivity index (χ3n) is 3.28. The van der Waals surface area contributed by atoms with Crippen LogP contribution in [0.4, 0.5) is 16.2 Å². The molecule has 8 nitrogen and oxygen atoms in total. The van der Waals surface area contributed by atoms with Crippen LogP contribution >= 0.6 is 0 Å². The quantitative estimate of drug-likeness (QED) is 0.872. The first-order chi connectivity index (χ1) is 11.1. The molecule has 0 aromatic heterocycles. The van der Waals surface area contributed by atoms with Crippen LogP contribution in [0.5, 0.6) is 5.75 Å². The van der Waals surface area contributed by atoms with Crippen molar-refractivity contribution >= 4 is 29.3 Å². The fraction of sp³-hybridized carbons (Fsp3) is 0.438. The van der Waals surface area contributed by atoms with E-state index < -0.39 is 23.6 Å². The number of hydrogen-bond acceptors (Lipinski definition) is 5. The topological polar surface area (TPSA) is 111 Å². The van der Waals surface area contributed by atoms with Crippen LogP contribution in [0.15, 0.2) is 18.2 Å². The third kappa shape index (κ3) is 3.95. The normalized spacial score (nSPS) is 15.2. The highest BCUT2D eigenvalue weighted by Crippen LogP contribution is 2.35. The lowest BCUT2D eigenvalue weighted by molar-refractivity contribution is -0.126. The number of benzene rings is 1. The third-order valence-corrected chi connectivity index (χ3v) is 3.28. The van der Waals surface area contributed by atoms with E-state index in [9.17, 15) is 14.4 Å².